The van der Waals surface area contributed by atoms with Gasteiger partial charge in [0.05, 0.1) is 6.61 Å². The predicted molar refractivity (Wildman–Crippen MR) is 106 cm³/mol. The van der Waals surface area contributed by atoms with Crippen molar-refractivity contribution in [2.75, 3.05) is 26.4 Å². The molecule has 0 radical (unpaired) electrons. The molecule has 2 heterocycles. The predicted octanol–water partition coefficient (Wildman–Crippen LogP) is 2.83. The minimum Gasteiger partial charge on any atom is -0.494 e. The van der Waals surface area contributed by atoms with Gasteiger partial charge in [0.25, 0.3) is 5.91 Å². The summed E-state index contributed by atoms with van der Waals surface area (Å²) in [4.78, 5) is 12.7. The van der Waals surface area contributed by atoms with Gasteiger partial charge in [-0.1, -0.05) is 12.1 Å². The monoisotopic (exact) mass is 380 g/mol. The van der Waals surface area contributed by atoms with Gasteiger partial charge in [0.15, 0.2) is 0 Å². The van der Waals surface area contributed by atoms with E-state index in [0.29, 0.717) is 37.4 Å². The highest BCUT2D eigenvalue weighted by atomic mass is 16.5. The van der Waals surface area contributed by atoms with Crippen LogP contribution in [0.4, 0.5) is 0 Å². The summed E-state index contributed by atoms with van der Waals surface area (Å²) in [5, 5.41) is 13.8. The van der Waals surface area contributed by atoms with Crippen LogP contribution < -0.4 is 10.1 Å². The lowest BCUT2D eigenvalue weighted by Crippen LogP contribution is -2.44. The third-order valence-electron chi connectivity index (χ3n) is 5.39. The molecule has 1 aliphatic rings. The Morgan fingerprint density at radius 1 is 1.14 bits per heavy atom. The van der Waals surface area contributed by atoms with E-state index in [9.17, 15) is 4.79 Å². The highest BCUT2D eigenvalue weighted by Crippen LogP contribution is 2.35. The van der Waals surface area contributed by atoms with Gasteiger partial charge in [0.2, 0.25) is 0 Å². The quantitative estimate of drug-likeness (QED) is 0.686. The molecule has 2 aromatic carbocycles. The van der Waals surface area contributed by atoms with Crippen LogP contribution >= 0.6 is 0 Å². The number of benzene rings is 2. The smallest absolute Gasteiger partial charge is 0.251 e. The third kappa shape index (κ3) is 3.71. The van der Waals surface area contributed by atoms with Crippen LogP contribution in [0.3, 0.4) is 0 Å². The van der Waals surface area contributed by atoms with Gasteiger partial charge in [0, 0.05) is 30.7 Å². The Morgan fingerprint density at radius 3 is 2.64 bits per heavy atom. The van der Waals surface area contributed by atoms with E-state index < -0.39 is 0 Å². The first-order valence-corrected chi connectivity index (χ1v) is 9.60. The summed E-state index contributed by atoms with van der Waals surface area (Å²) in [6.45, 7) is 4.55. The van der Waals surface area contributed by atoms with Crippen LogP contribution in [0.1, 0.15) is 35.7 Å². The van der Waals surface area contributed by atoms with E-state index in [4.69, 9.17) is 9.47 Å². The van der Waals surface area contributed by atoms with E-state index in [0.717, 1.165) is 24.1 Å². The molecule has 1 aliphatic heterocycles. The second kappa shape index (κ2) is 7.98. The van der Waals surface area contributed by atoms with Gasteiger partial charge < -0.3 is 14.8 Å². The van der Waals surface area contributed by atoms with Gasteiger partial charge >= 0.3 is 0 Å². The maximum absolute atomic E-state index is 12.7. The summed E-state index contributed by atoms with van der Waals surface area (Å²) in [5.74, 6) is 0.750. The standard InChI is InChI=1S/C21H24N4O3/c1-2-28-17-6-4-16(5-7-17)21(9-11-27-12-10-21)14-22-20(26)15-3-8-18-19(13-15)24-25-23-18/h3-8,13H,2,9-12,14H2,1H3,(H,22,26)(H,23,24,25). The second-order valence-corrected chi connectivity index (χ2v) is 7.06. The molecule has 0 saturated carbocycles. The Balaban J connectivity index is 1.51. The zero-order valence-electron chi connectivity index (χ0n) is 15.9. The molecule has 1 saturated heterocycles. The zero-order valence-corrected chi connectivity index (χ0v) is 15.9. The fourth-order valence-corrected chi connectivity index (χ4v) is 3.73. The van der Waals surface area contributed by atoms with Gasteiger partial charge in [-0.2, -0.15) is 15.4 Å². The number of aromatic amines is 1. The van der Waals surface area contributed by atoms with Crippen LogP contribution in [-0.2, 0) is 10.2 Å². The first-order valence-electron chi connectivity index (χ1n) is 9.60. The number of carbonyl (C=O) groups excluding carboxylic acids is 1. The summed E-state index contributed by atoms with van der Waals surface area (Å²) in [6.07, 6.45) is 1.73. The van der Waals surface area contributed by atoms with Crippen LogP contribution in [0.5, 0.6) is 5.75 Å². The van der Waals surface area contributed by atoms with E-state index in [1.54, 1.807) is 18.2 Å². The highest BCUT2D eigenvalue weighted by Gasteiger charge is 2.35. The number of fused-ring (bicyclic) bond motifs is 1. The number of carbonyl (C=O) groups is 1. The van der Waals surface area contributed by atoms with Gasteiger partial charge in [0.1, 0.15) is 16.8 Å². The summed E-state index contributed by atoms with van der Waals surface area (Å²) in [6, 6.07) is 13.5. The maximum Gasteiger partial charge on any atom is 0.251 e. The molecule has 0 bridgehead atoms. The number of ether oxygens (including phenoxy) is 2. The Hall–Kier alpha value is -2.93. The van der Waals surface area contributed by atoms with Crippen molar-refractivity contribution >= 4 is 16.9 Å². The fraction of sp³-hybridized carbons (Fsp3) is 0.381. The van der Waals surface area contributed by atoms with Crippen LogP contribution in [0.2, 0.25) is 0 Å². The molecule has 0 spiro atoms. The molecule has 0 aliphatic carbocycles. The third-order valence-corrected chi connectivity index (χ3v) is 5.39. The van der Waals surface area contributed by atoms with Gasteiger partial charge in [-0.25, -0.2) is 0 Å². The van der Waals surface area contributed by atoms with Crippen molar-refractivity contribution in [3.63, 3.8) is 0 Å². The first-order chi connectivity index (χ1) is 13.7. The Bertz CT molecular complexity index is 946. The zero-order chi connectivity index (χ0) is 19.4. The van der Waals surface area contributed by atoms with Crippen molar-refractivity contribution in [3.8, 4) is 5.75 Å². The highest BCUT2D eigenvalue weighted by molar-refractivity contribution is 5.97. The van der Waals surface area contributed by atoms with Crippen LogP contribution in [0.25, 0.3) is 11.0 Å². The molecule has 7 nitrogen and oxygen atoms in total. The number of nitrogens with zero attached hydrogens (tertiary/aromatic N) is 2. The van der Waals surface area contributed by atoms with E-state index in [1.807, 2.05) is 19.1 Å². The lowest BCUT2D eigenvalue weighted by atomic mass is 9.74. The van der Waals surface area contributed by atoms with Crippen molar-refractivity contribution in [3.05, 3.63) is 53.6 Å². The number of hydrogen-bond acceptors (Lipinski definition) is 5. The minimum absolute atomic E-state index is 0.110. The fourth-order valence-electron chi connectivity index (χ4n) is 3.73. The van der Waals surface area contributed by atoms with Gasteiger partial charge in [-0.05, 0) is 55.7 Å². The van der Waals surface area contributed by atoms with Crippen LogP contribution in [0, 0.1) is 0 Å². The average Bonchev–Trinajstić information content (AvgIpc) is 3.21. The molecule has 4 rings (SSSR count). The summed E-state index contributed by atoms with van der Waals surface area (Å²) in [7, 11) is 0. The molecular formula is C21H24N4O3. The molecule has 7 heteroatoms. The molecule has 1 aromatic heterocycles. The molecule has 1 amide bonds. The molecule has 3 aromatic rings. The van der Waals surface area contributed by atoms with Crippen molar-refractivity contribution in [1.29, 1.82) is 0 Å². The van der Waals surface area contributed by atoms with Crippen molar-refractivity contribution in [1.82, 2.24) is 20.7 Å². The molecule has 2 N–H and O–H groups in total. The Kier molecular flexibility index (Phi) is 5.25. The minimum atomic E-state index is -0.142. The van der Waals surface area contributed by atoms with Crippen molar-refractivity contribution in [2.24, 2.45) is 0 Å². The normalized spacial score (nSPS) is 16.0. The number of H-pyrrole nitrogens is 1. The molecule has 146 valence electrons. The largest absolute Gasteiger partial charge is 0.494 e. The van der Waals surface area contributed by atoms with E-state index in [2.05, 4.69) is 32.9 Å². The molecule has 1 fully saturated rings. The Labute approximate surface area is 163 Å². The van der Waals surface area contributed by atoms with Crippen molar-refractivity contribution in [2.45, 2.75) is 25.2 Å². The van der Waals surface area contributed by atoms with Gasteiger partial charge in [-0.15, -0.1) is 0 Å². The SMILES string of the molecule is CCOc1ccc(C2(CNC(=O)c3ccc4n[nH]nc4c3)CCOCC2)cc1. The summed E-state index contributed by atoms with van der Waals surface area (Å²) >= 11 is 0. The topological polar surface area (TPSA) is 89.1 Å². The van der Waals surface area contributed by atoms with Gasteiger partial charge in [-0.3, -0.25) is 4.79 Å². The number of nitrogens with one attached hydrogen (secondary N) is 2. The number of rotatable bonds is 6. The van der Waals surface area contributed by atoms with Crippen molar-refractivity contribution < 1.29 is 14.3 Å². The summed E-state index contributed by atoms with van der Waals surface area (Å²) < 4.78 is 11.1. The number of hydrogen-bond donors (Lipinski definition) is 2. The van der Waals surface area contributed by atoms with E-state index in [1.165, 1.54) is 5.56 Å². The first kappa shape index (κ1) is 18.4. The van der Waals surface area contributed by atoms with E-state index in [-0.39, 0.29) is 11.3 Å². The number of aromatic nitrogens is 3. The molecule has 0 unspecified atom stereocenters. The molecule has 28 heavy (non-hydrogen) atoms. The molecule has 0 atom stereocenters. The molecular weight excluding hydrogens is 356 g/mol. The number of amides is 1. The van der Waals surface area contributed by atoms with Crippen LogP contribution in [0.15, 0.2) is 42.5 Å². The summed E-state index contributed by atoms with van der Waals surface area (Å²) in [5.41, 5.74) is 3.06. The van der Waals surface area contributed by atoms with E-state index >= 15 is 0 Å². The lowest BCUT2D eigenvalue weighted by molar-refractivity contribution is 0.0487. The lowest BCUT2D eigenvalue weighted by Gasteiger charge is -2.38. The maximum atomic E-state index is 12.7. The average molecular weight is 380 g/mol. The Morgan fingerprint density at radius 2 is 1.89 bits per heavy atom. The second-order valence-electron chi connectivity index (χ2n) is 7.06. The van der Waals surface area contributed by atoms with Crippen LogP contribution in [-0.4, -0.2) is 47.7 Å².